The van der Waals surface area contributed by atoms with Crippen LogP contribution in [0.3, 0.4) is 0 Å². The van der Waals surface area contributed by atoms with E-state index in [1.165, 1.54) is 0 Å². The van der Waals surface area contributed by atoms with Gasteiger partial charge in [0.25, 0.3) is 0 Å². The van der Waals surface area contributed by atoms with Crippen molar-refractivity contribution in [1.29, 1.82) is 0 Å². The fraction of sp³-hybridized carbons (Fsp3) is 0.579. The smallest absolute Gasteiger partial charge is 0.237 e. The maximum atomic E-state index is 12.5. The number of nitrogens with zero attached hydrogens (tertiary/aromatic N) is 2. The van der Waals surface area contributed by atoms with Crippen molar-refractivity contribution in [2.75, 3.05) is 27.7 Å². The third kappa shape index (κ3) is 3.96. The van der Waals surface area contributed by atoms with Gasteiger partial charge in [0.15, 0.2) is 0 Å². The molecule has 0 spiro atoms. The first kappa shape index (κ1) is 18.5. The molecule has 1 aromatic carbocycles. The first-order valence-corrected chi connectivity index (χ1v) is 8.57. The van der Waals surface area contributed by atoms with Crippen LogP contribution in [0.2, 0.25) is 0 Å². The van der Waals surface area contributed by atoms with E-state index in [9.17, 15) is 9.59 Å². The minimum atomic E-state index is -0.157. The molecule has 1 saturated heterocycles. The standard InChI is InChI=1S/C19H29N3O2/c1-13(2)17(21(3)4)19(24)20-12-15-11-16(23)22(5)18(15)14-9-7-6-8-10-14/h6-10,13,15,17-18H,11-12H2,1-5H3,(H,20,24)/t15-,17+,18+/m0/s1. The maximum absolute atomic E-state index is 12.5. The Bertz CT molecular complexity index is 563. The maximum Gasteiger partial charge on any atom is 0.237 e. The highest BCUT2D eigenvalue weighted by molar-refractivity contribution is 5.82. The molecule has 132 valence electrons. The van der Waals surface area contributed by atoms with Crippen molar-refractivity contribution in [3.63, 3.8) is 0 Å². The number of rotatable bonds is 6. The minimum absolute atomic E-state index is 0.0239. The van der Waals surface area contributed by atoms with E-state index in [-0.39, 0.29) is 35.7 Å². The van der Waals surface area contributed by atoms with Crippen LogP contribution in [0.25, 0.3) is 0 Å². The van der Waals surface area contributed by atoms with Crippen molar-refractivity contribution in [3.05, 3.63) is 35.9 Å². The quantitative estimate of drug-likeness (QED) is 0.866. The summed E-state index contributed by atoms with van der Waals surface area (Å²) in [6.07, 6.45) is 0.477. The summed E-state index contributed by atoms with van der Waals surface area (Å²) in [6.45, 7) is 4.61. The SMILES string of the molecule is CC(C)[C@H](C(=O)NC[C@@H]1CC(=O)N(C)[C@@H]1c1ccccc1)N(C)C. The first-order valence-electron chi connectivity index (χ1n) is 8.57. The van der Waals surface area contributed by atoms with Crippen LogP contribution in [-0.2, 0) is 9.59 Å². The zero-order chi connectivity index (χ0) is 17.9. The molecule has 5 heteroatoms. The summed E-state index contributed by atoms with van der Waals surface area (Å²) >= 11 is 0. The lowest BCUT2D eigenvalue weighted by atomic mass is 9.93. The van der Waals surface area contributed by atoms with Gasteiger partial charge in [-0.25, -0.2) is 0 Å². The van der Waals surface area contributed by atoms with E-state index in [1.54, 1.807) is 4.90 Å². The zero-order valence-electron chi connectivity index (χ0n) is 15.3. The van der Waals surface area contributed by atoms with E-state index in [0.29, 0.717) is 13.0 Å². The third-order valence-corrected chi connectivity index (χ3v) is 4.83. The van der Waals surface area contributed by atoms with Gasteiger partial charge in [-0.15, -0.1) is 0 Å². The van der Waals surface area contributed by atoms with Gasteiger partial charge in [0.1, 0.15) is 0 Å². The summed E-state index contributed by atoms with van der Waals surface area (Å²) in [5, 5.41) is 3.07. The molecule has 2 rings (SSSR count). The molecular formula is C19H29N3O2. The molecule has 0 aromatic heterocycles. The average Bonchev–Trinajstić information content (AvgIpc) is 2.80. The van der Waals surface area contributed by atoms with Crippen LogP contribution < -0.4 is 5.32 Å². The van der Waals surface area contributed by atoms with Crippen molar-refractivity contribution in [3.8, 4) is 0 Å². The van der Waals surface area contributed by atoms with Crippen molar-refractivity contribution in [2.24, 2.45) is 11.8 Å². The zero-order valence-corrected chi connectivity index (χ0v) is 15.3. The Kier molecular flexibility index (Phi) is 5.99. The van der Waals surface area contributed by atoms with E-state index < -0.39 is 0 Å². The largest absolute Gasteiger partial charge is 0.354 e. The molecule has 2 amide bonds. The van der Waals surface area contributed by atoms with Crippen LogP contribution in [0.15, 0.2) is 30.3 Å². The molecule has 5 nitrogen and oxygen atoms in total. The van der Waals surface area contributed by atoms with E-state index >= 15 is 0 Å². The second kappa shape index (κ2) is 7.79. The average molecular weight is 331 g/mol. The lowest BCUT2D eigenvalue weighted by Gasteiger charge is -2.29. The summed E-state index contributed by atoms with van der Waals surface area (Å²) in [5.41, 5.74) is 1.12. The van der Waals surface area contributed by atoms with Crippen molar-refractivity contribution in [2.45, 2.75) is 32.4 Å². The molecule has 3 atom stereocenters. The molecule has 0 radical (unpaired) electrons. The molecule has 24 heavy (non-hydrogen) atoms. The number of carbonyl (C=O) groups excluding carboxylic acids is 2. The molecule has 1 aliphatic rings. The monoisotopic (exact) mass is 331 g/mol. The Morgan fingerprint density at radius 3 is 2.46 bits per heavy atom. The molecule has 0 saturated carbocycles. The number of likely N-dealkylation sites (tertiary alicyclic amines) is 1. The van der Waals surface area contributed by atoms with Gasteiger partial charge in [-0.2, -0.15) is 0 Å². The number of likely N-dealkylation sites (N-methyl/N-ethyl adjacent to an activating group) is 1. The predicted octanol–water partition coefficient (Wildman–Crippen LogP) is 1.91. The molecule has 1 heterocycles. The van der Waals surface area contributed by atoms with Gasteiger partial charge in [0.2, 0.25) is 11.8 Å². The minimum Gasteiger partial charge on any atom is -0.354 e. The van der Waals surface area contributed by atoms with Gasteiger partial charge in [-0.3, -0.25) is 14.5 Å². The summed E-state index contributed by atoms with van der Waals surface area (Å²) in [5.74, 6) is 0.501. The molecular weight excluding hydrogens is 302 g/mol. The third-order valence-electron chi connectivity index (χ3n) is 4.83. The van der Waals surface area contributed by atoms with Gasteiger partial charge in [-0.05, 0) is 25.6 Å². The molecule has 1 aromatic rings. The normalized spacial score (nSPS) is 22.3. The molecule has 1 aliphatic heterocycles. The Labute approximate surface area is 145 Å². The highest BCUT2D eigenvalue weighted by Crippen LogP contribution is 2.36. The first-order chi connectivity index (χ1) is 11.3. The van der Waals surface area contributed by atoms with E-state index in [0.717, 1.165) is 5.56 Å². The van der Waals surface area contributed by atoms with Crippen LogP contribution in [0, 0.1) is 11.8 Å². The van der Waals surface area contributed by atoms with Crippen molar-refractivity contribution < 1.29 is 9.59 Å². The lowest BCUT2D eigenvalue weighted by molar-refractivity contribution is -0.128. The molecule has 1 N–H and O–H groups in total. The lowest BCUT2D eigenvalue weighted by Crippen LogP contribution is -2.48. The highest BCUT2D eigenvalue weighted by atomic mass is 16.2. The van der Waals surface area contributed by atoms with E-state index in [4.69, 9.17) is 0 Å². The number of benzene rings is 1. The van der Waals surface area contributed by atoms with Crippen LogP contribution >= 0.6 is 0 Å². The fourth-order valence-electron chi connectivity index (χ4n) is 3.75. The van der Waals surface area contributed by atoms with Crippen LogP contribution in [0.1, 0.15) is 31.9 Å². The number of hydrogen-bond donors (Lipinski definition) is 1. The van der Waals surface area contributed by atoms with Crippen molar-refractivity contribution in [1.82, 2.24) is 15.1 Å². The Morgan fingerprint density at radius 2 is 1.92 bits per heavy atom. The number of nitrogens with one attached hydrogen (secondary N) is 1. The van der Waals surface area contributed by atoms with Crippen molar-refractivity contribution >= 4 is 11.8 Å². The van der Waals surface area contributed by atoms with Crippen LogP contribution in [0.4, 0.5) is 0 Å². The topological polar surface area (TPSA) is 52.7 Å². The summed E-state index contributed by atoms with van der Waals surface area (Å²) in [4.78, 5) is 28.5. The predicted molar refractivity (Wildman–Crippen MR) is 95.4 cm³/mol. The molecule has 1 fully saturated rings. The second-order valence-corrected chi connectivity index (χ2v) is 7.22. The molecule has 0 bridgehead atoms. The number of carbonyl (C=O) groups is 2. The van der Waals surface area contributed by atoms with Gasteiger partial charge >= 0.3 is 0 Å². The van der Waals surface area contributed by atoms with E-state index in [2.05, 4.69) is 5.32 Å². The number of amides is 2. The summed E-state index contributed by atoms with van der Waals surface area (Å²) < 4.78 is 0. The second-order valence-electron chi connectivity index (χ2n) is 7.22. The van der Waals surface area contributed by atoms with Gasteiger partial charge < -0.3 is 10.2 Å². The van der Waals surface area contributed by atoms with Crippen LogP contribution in [-0.4, -0.2) is 55.3 Å². The van der Waals surface area contributed by atoms with E-state index in [1.807, 2.05) is 70.2 Å². The molecule has 0 aliphatic carbocycles. The van der Waals surface area contributed by atoms with Crippen LogP contribution in [0.5, 0.6) is 0 Å². The van der Waals surface area contributed by atoms with Gasteiger partial charge in [0.05, 0.1) is 12.1 Å². The van der Waals surface area contributed by atoms with Gasteiger partial charge in [0, 0.05) is 25.9 Å². The number of hydrogen-bond acceptors (Lipinski definition) is 3. The Balaban J connectivity index is 2.07. The van der Waals surface area contributed by atoms with Gasteiger partial charge in [-0.1, -0.05) is 44.2 Å². The summed E-state index contributed by atoms with van der Waals surface area (Å²) in [6, 6.07) is 9.91. The Hall–Kier alpha value is -1.88. The molecule has 0 unspecified atom stereocenters. The summed E-state index contributed by atoms with van der Waals surface area (Å²) in [7, 11) is 5.69. The highest BCUT2D eigenvalue weighted by Gasteiger charge is 2.38. The fourth-order valence-corrected chi connectivity index (χ4v) is 3.75. The Morgan fingerprint density at radius 1 is 1.29 bits per heavy atom.